The van der Waals surface area contributed by atoms with Crippen LogP contribution in [-0.2, 0) is 5.41 Å². The van der Waals surface area contributed by atoms with Crippen molar-refractivity contribution in [2.45, 2.75) is 56.7 Å². The zero-order chi connectivity index (χ0) is 24.9. The van der Waals surface area contributed by atoms with Crippen LogP contribution >= 0.6 is 0 Å². The van der Waals surface area contributed by atoms with Crippen LogP contribution in [0.4, 0.5) is 26.3 Å². The largest absolute Gasteiger partial charge is 0.491 e. The molecule has 0 fully saturated rings. The van der Waals surface area contributed by atoms with Crippen molar-refractivity contribution in [2.75, 3.05) is 13.2 Å². The van der Waals surface area contributed by atoms with Crippen molar-refractivity contribution in [2.24, 2.45) is 0 Å². The summed E-state index contributed by atoms with van der Waals surface area (Å²) in [7, 11) is 0. The predicted molar refractivity (Wildman–Crippen MR) is 109 cm³/mol. The van der Waals surface area contributed by atoms with Crippen LogP contribution in [0.25, 0.3) is 0 Å². The van der Waals surface area contributed by atoms with Gasteiger partial charge in [-0.05, 0) is 48.2 Å². The fourth-order valence-electron chi connectivity index (χ4n) is 3.20. The summed E-state index contributed by atoms with van der Waals surface area (Å²) < 4.78 is 95.6. The Morgan fingerprint density at radius 1 is 0.636 bits per heavy atom. The minimum atomic E-state index is -5.72. The maximum absolute atomic E-state index is 14.2. The lowest BCUT2D eigenvalue weighted by molar-refractivity contribution is -0.288. The fourth-order valence-corrected chi connectivity index (χ4v) is 3.20. The summed E-state index contributed by atoms with van der Waals surface area (Å²) in [6.45, 7) is 3.10. The van der Waals surface area contributed by atoms with Crippen molar-refractivity contribution in [3.05, 3.63) is 59.7 Å². The standard InChI is InChI=1S/C23H26F6O4/c1-3-17(30)13-32-19-9-5-15(6-10-19)21(22(24,25)26,23(27,28)29)16-7-11-20(12-8-16)33-14-18(31)4-2/h5-12,17-18,30-31H,3-4,13-14H2,1-2H3. The van der Waals surface area contributed by atoms with E-state index in [1.807, 2.05) is 0 Å². The topological polar surface area (TPSA) is 58.9 Å². The van der Waals surface area contributed by atoms with Gasteiger partial charge in [0.15, 0.2) is 0 Å². The second-order valence-corrected chi connectivity index (χ2v) is 7.54. The molecule has 0 spiro atoms. The van der Waals surface area contributed by atoms with Crippen LogP contribution in [0.2, 0.25) is 0 Å². The van der Waals surface area contributed by atoms with Crippen LogP contribution in [-0.4, -0.2) is 48.0 Å². The lowest BCUT2D eigenvalue weighted by Crippen LogP contribution is -2.54. The minimum absolute atomic E-state index is 0.0303. The van der Waals surface area contributed by atoms with E-state index in [0.717, 1.165) is 48.5 Å². The van der Waals surface area contributed by atoms with Gasteiger partial charge in [0.25, 0.3) is 0 Å². The average molecular weight is 480 g/mol. The Hall–Kier alpha value is -2.46. The van der Waals surface area contributed by atoms with E-state index in [4.69, 9.17) is 9.47 Å². The van der Waals surface area contributed by atoms with Crippen molar-refractivity contribution in [3.8, 4) is 11.5 Å². The molecule has 2 unspecified atom stereocenters. The quantitative estimate of drug-likeness (QED) is 0.448. The van der Waals surface area contributed by atoms with Gasteiger partial charge in [0, 0.05) is 0 Å². The Morgan fingerprint density at radius 3 is 1.18 bits per heavy atom. The van der Waals surface area contributed by atoms with E-state index in [-0.39, 0.29) is 24.7 Å². The third kappa shape index (κ3) is 5.92. The number of benzene rings is 2. The zero-order valence-corrected chi connectivity index (χ0v) is 18.1. The summed E-state index contributed by atoms with van der Waals surface area (Å²) in [6.07, 6.45) is -12.3. The molecule has 2 atom stereocenters. The lowest BCUT2D eigenvalue weighted by atomic mass is 9.73. The second-order valence-electron chi connectivity index (χ2n) is 7.54. The first-order valence-corrected chi connectivity index (χ1v) is 10.3. The molecular formula is C23H26F6O4. The van der Waals surface area contributed by atoms with Crippen LogP contribution < -0.4 is 9.47 Å². The normalized spacial score (nSPS) is 14.6. The summed E-state index contributed by atoms with van der Waals surface area (Å²) >= 11 is 0. The number of ether oxygens (including phenoxy) is 2. The van der Waals surface area contributed by atoms with E-state index in [0.29, 0.717) is 12.8 Å². The van der Waals surface area contributed by atoms with Gasteiger partial charge in [-0.2, -0.15) is 26.3 Å². The maximum atomic E-state index is 14.2. The predicted octanol–water partition coefficient (Wildman–Crippen LogP) is 5.40. The number of halogens is 6. The molecule has 2 N–H and O–H groups in total. The van der Waals surface area contributed by atoms with Crippen LogP contribution in [0.1, 0.15) is 37.8 Å². The molecule has 0 saturated carbocycles. The third-order valence-corrected chi connectivity index (χ3v) is 5.25. The Bertz CT molecular complexity index is 789. The molecule has 184 valence electrons. The fraction of sp³-hybridized carbons (Fsp3) is 0.478. The van der Waals surface area contributed by atoms with Gasteiger partial charge in [-0.15, -0.1) is 0 Å². The van der Waals surface area contributed by atoms with Gasteiger partial charge in [-0.3, -0.25) is 0 Å². The molecular weight excluding hydrogens is 454 g/mol. The van der Waals surface area contributed by atoms with Crippen LogP contribution in [0.15, 0.2) is 48.5 Å². The summed E-state index contributed by atoms with van der Waals surface area (Å²) in [5.74, 6) is 0.0606. The van der Waals surface area contributed by atoms with Crippen LogP contribution in [0.3, 0.4) is 0 Å². The Morgan fingerprint density at radius 2 is 0.939 bits per heavy atom. The van der Waals surface area contributed by atoms with E-state index in [1.165, 1.54) is 0 Å². The summed E-state index contributed by atoms with van der Waals surface area (Å²) in [5, 5.41) is 19.0. The highest BCUT2D eigenvalue weighted by Crippen LogP contribution is 2.56. The smallest absolute Gasteiger partial charge is 0.411 e. The van der Waals surface area contributed by atoms with Gasteiger partial charge in [0.2, 0.25) is 5.41 Å². The molecule has 0 aliphatic heterocycles. The van der Waals surface area contributed by atoms with Crippen molar-refractivity contribution < 1.29 is 46.0 Å². The van der Waals surface area contributed by atoms with E-state index in [1.54, 1.807) is 13.8 Å². The number of aliphatic hydroxyl groups is 2. The molecule has 0 amide bonds. The molecule has 0 radical (unpaired) electrons. The summed E-state index contributed by atoms with van der Waals surface area (Å²) in [5.41, 5.74) is -6.34. The number of hydrogen-bond acceptors (Lipinski definition) is 4. The lowest BCUT2D eigenvalue weighted by Gasteiger charge is -2.38. The van der Waals surface area contributed by atoms with Gasteiger partial charge in [-0.1, -0.05) is 38.1 Å². The highest BCUT2D eigenvalue weighted by atomic mass is 19.4. The minimum Gasteiger partial charge on any atom is -0.491 e. The first-order valence-electron chi connectivity index (χ1n) is 10.3. The molecule has 2 rings (SSSR count). The molecule has 2 aromatic rings. The zero-order valence-electron chi connectivity index (χ0n) is 18.1. The van der Waals surface area contributed by atoms with Gasteiger partial charge in [-0.25, -0.2) is 0 Å². The molecule has 0 bridgehead atoms. The summed E-state index contributed by atoms with van der Waals surface area (Å²) in [4.78, 5) is 0. The van der Waals surface area contributed by atoms with E-state index in [2.05, 4.69) is 0 Å². The molecule has 4 nitrogen and oxygen atoms in total. The highest BCUT2D eigenvalue weighted by Gasteiger charge is 2.72. The third-order valence-electron chi connectivity index (χ3n) is 5.25. The molecule has 0 aromatic heterocycles. The molecule has 2 aromatic carbocycles. The van der Waals surface area contributed by atoms with Crippen molar-refractivity contribution in [3.63, 3.8) is 0 Å². The molecule has 0 aliphatic rings. The number of rotatable bonds is 10. The van der Waals surface area contributed by atoms with E-state index < -0.39 is 41.1 Å². The molecule has 0 heterocycles. The molecule has 33 heavy (non-hydrogen) atoms. The number of aliphatic hydroxyl groups excluding tert-OH is 2. The van der Waals surface area contributed by atoms with Crippen LogP contribution in [0, 0.1) is 0 Å². The average Bonchev–Trinajstić information content (AvgIpc) is 2.75. The van der Waals surface area contributed by atoms with E-state index in [9.17, 15) is 36.6 Å². The van der Waals surface area contributed by atoms with E-state index >= 15 is 0 Å². The maximum Gasteiger partial charge on any atom is 0.411 e. The van der Waals surface area contributed by atoms with Gasteiger partial charge in [0.1, 0.15) is 24.7 Å². The SMILES string of the molecule is CCC(O)COc1ccc(C(c2ccc(OCC(O)CC)cc2)(C(F)(F)F)C(F)(F)F)cc1. The monoisotopic (exact) mass is 480 g/mol. The Kier molecular flexibility index (Phi) is 8.64. The number of hydrogen-bond donors (Lipinski definition) is 2. The van der Waals surface area contributed by atoms with Gasteiger partial charge < -0.3 is 19.7 Å². The molecule has 0 saturated heterocycles. The second kappa shape index (κ2) is 10.6. The highest BCUT2D eigenvalue weighted by molar-refractivity contribution is 5.47. The Labute approximate surface area is 187 Å². The van der Waals surface area contributed by atoms with Crippen LogP contribution in [0.5, 0.6) is 11.5 Å². The molecule has 0 aliphatic carbocycles. The van der Waals surface area contributed by atoms with Gasteiger partial charge >= 0.3 is 12.4 Å². The van der Waals surface area contributed by atoms with Crippen molar-refractivity contribution in [1.29, 1.82) is 0 Å². The molecule has 10 heteroatoms. The van der Waals surface area contributed by atoms with Gasteiger partial charge in [0.05, 0.1) is 12.2 Å². The van der Waals surface area contributed by atoms with Crippen molar-refractivity contribution in [1.82, 2.24) is 0 Å². The number of alkyl halides is 6. The Balaban J connectivity index is 2.48. The first kappa shape index (κ1) is 26.8. The first-order chi connectivity index (χ1) is 15.4. The summed E-state index contributed by atoms with van der Waals surface area (Å²) in [6, 6.07) is 6.91. The van der Waals surface area contributed by atoms with Crippen molar-refractivity contribution >= 4 is 0 Å².